The third kappa shape index (κ3) is 4.14. The molecule has 0 atom stereocenters. The SMILES string of the molecule is Cc1c(/C=C/c2cc(C=O)ccc2C(F)(F)F)cccc1-c1ccccn1. The number of nitrogens with zero attached hydrogens (tertiary/aromatic N) is 1. The van der Waals surface area contributed by atoms with Crippen molar-refractivity contribution in [2.45, 2.75) is 13.1 Å². The number of carbonyl (C=O) groups excluding carboxylic acids is 1. The molecule has 0 unspecified atom stereocenters. The van der Waals surface area contributed by atoms with E-state index in [1.165, 1.54) is 18.2 Å². The van der Waals surface area contributed by atoms with E-state index in [9.17, 15) is 18.0 Å². The number of rotatable bonds is 4. The Morgan fingerprint density at radius 3 is 2.37 bits per heavy atom. The van der Waals surface area contributed by atoms with Gasteiger partial charge in [0.15, 0.2) is 0 Å². The van der Waals surface area contributed by atoms with Gasteiger partial charge >= 0.3 is 6.18 Å². The summed E-state index contributed by atoms with van der Waals surface area (Å²) in [5.41, 5.74) is 2.77. The van der Waals surface area contributed by atoms with Gasteiger partial charge in [0.25, 0.3) is 0 Å². The van der Waals surface area contributed by atoms with Crippen LogP contribution in [0.1, 0.15) is 32.6 Å². The fourth-order valence-electron chi connectivity index (χ4n) is 2.86. The number of aromatic nitrogens is 1. The van der Waals surface area contributed by atoms with Crippen LogP contribution in [-0.4, -0.2) is 11.3 Å². The van der Waals surface area contributed by atoms with Crippen molar-refractivity contribution in [3.63, 3.8) is 0 Å². The summed E-state index contributed by atoms with van der Waals surface area (Å²) in [5, 5.41) is 0. The summed E-state index contributed by atoms with van der Waals surface area (Å²) >= 11 is 0. The average molecular weight is 367 g/mol. The average Bonchev–Trinajstić information content (AvgIpc) is 2.67. The monoisotopic (exact) mass is 367 g/mol. The second-order valence-corrected chi connectivity index (χ2v) is 6.03. The fraction of sp³-hybridized carbons (Fsp3) is 0.0909. The van der Waals surface area contributed by atoms with Crippen LogP contribution in [-0.2, 0) is 6.18 Å². The number of alkyl halides is 3. The molecule has 136 valence electrons. The molecule has 0 aliphatic rings. The lowest BCUT2D eigenvalue weighted by Crippen LogP contribution is -2.07. The van der Waals surface area contributed by atoms with Crippen molar-refractivity contribution < 1.29 is 18.0 Å². The standard InChI is InChI=1S/C22H16F3NO/c1-15-17(5-4-6-19(15)21-7-2-3-12-26-21)9-10-18-13-16(14-27)8-11-20(18)22(23,24)25/h2-14H,1H3/b10-9+. The van der Waals surface area contributed by atoms with E-state index in [2.05, 4.69) is 4.98 Å². The topological polar surface area (TPSA) is 30.0 Å². The first-order valence-corrected chi connectivity index (χ1v) is 8.25. The Kier molecular flexibility index (Phi) is 5.21. The number of aldehydes is 1. The first kappa shape index (κ1) is 18.6. The maximum atomic E-state index is 13.2. The molecule has 2 aromatic carbocycles. The highest BCUT2D eigenvalue weighted by Gasteiger charge is 2.32. The Morgan fingerprint density at radius 1 is 0.926 bits per heavy atom. The molecule has 0 amide bonds. The molecule has 0 saturated carbocycles. The maximum absolute atomic E-state index is 13.2. The van der Waals surface area contributed by atoms with Gasteiger partial charge in [-0.25, -0.2) is 0 Å². The number of benzene rings is 2. The van der Waals surface area contributed by atoms with E-state index in [1.807, 2.05) is 43.3 Å². The molecule has 0 spiro atoms. The highest BCUT2D eigenvalue weighted by Crippen LogP contribution is 2.33. The Labute approximate surface area is 155 Å². The summed E-state index contributed by atoms with van der Waals surface area (Å²) in [6.07, 6.45) is 0.746. The van der Waals surface area contributed by atoms with Gasteiger partial charge in [-0.2, -0.15) is 13.2 Å². The Balaban J connectivity index is 2.04. The number of hydrogen-bond acceptors (Lipinski definition) is 2. The molecule has 1 aromatic heterocycles. The largest absolute Gasteiger partial charge is 0.416 e. The molecule has 5 heteroatoms. The molecular formula is C22H16F3NO. The van der Waals surface area contributed by atoms with Crippen LogP contribution in [0.5, 0.6) is 0 Å². The smallest absolute Gasteiger partial charge is 0.298 e. The molecular weight excluding hydrogens is 351 g/mol. The predicted octanol–water partition coefficient (Wildman–Crippen LogP) is 6.06. The van der Waals surface area contributed by atoms with Crippen LogP contribution in [0.3, 0.4) is 0 Å². The number of pyridine rings is 1. The lowest BCUT2D eigenvalue weighted by atomic mass is 9.97. The summed E-state index contributed by atoms with van der Waals surface area (Å²) in [6, 6.07) is 14.5. The van der Waals surface area contributed by atoms with Gasteiger partial charge in [0.05, 0.1) is 11.3 Å². The lowest BCUT2D eigenvalue weighted by molar-refractivity contribution is -0.137. The van der Waals surface area contributed by atoms with E-state index in [0.29, 0.717) is 6.29 Å². The van der Waals surface area contributed by atoms with Crippen molar-refractivity contribution >= 4 is 18.4 Å². The van der Waals surface area contributed by atoms with Gasteiger partial charge in [0.2, 0.25) is 0 Å². The number of carbonyl (C=O) groups is 1. The van der Waals surface area contributed by atoms with E-state index in [4.69, 9.17) is 0 Å². The number of halogens is 3. The molecule has 27 heavy (non-hydrogen) atoms. The van der Waals surface area contributed by atoms with Gasteiger partial charge < -0.3 is 0 Å². The Morgan fingerprint density at radius 2 is 1.70 bits per heavy atom. The van der Waals surface area contributed by atoms with Crippen LogP contribution in [0, 0.1) is 6.92 Å². The zero-order valence-corrected chi connectivity index (χ0v) is 14.5. The minimum atomic E-state index is -4.49. The summed E-state index contributed by atoms with van der Waals surface area (Å²) in [4.78, 5) is 15.3. The van der Waals surface area contributed by atoms with Crippen LogP contribution in [0.4, 0.5) is 13.2 Å². The van der Waals surface area contributed by atoms with Crippen LogP contribution in [0.25, 0.3) is 23.4 Å². The second kappa shape index (κ2) is 7.58. The van der Waals surface area contributed by atoms with E-state index >= 15 is 0 Å². The first-order valence-electron chi connectivity index (χ1n) is 8.25. The van der Waals surface area contributed by atoms with Gasteiger partial charge in [-0.1, -0.05) is 42.5 Å². The first-order chi connectivity index (χ1) is 12.9. The van der Waals surface area contributed by atoms with E-state index < -0.39 is 11.7 Å². The minimum Gasteiger partial charge on any atom is -0.298 e. The van der Waals surface area contributed by atoms with Crippen LogP contribution in [0.2, 0.25) is 0 Å². The van der Waals surface area contributed by atoms with Crippen molar-refractivity contribution in [3.8, 4) is 11.3 Å². The summed E-state index contributed by atoms with van der Waals surface area (Å²) < 4.78 is 39.7. The molecule has 0 aliphatic carbocycles. The summed E-state index contributed by atoms with van der Waals surface area (Å²) in [7, 11) is 0. The molecule has 0 N–H and O–H groups in total. The van der Waals surface area contributed by atoms with Gasteiger partial charge in [0.1, 0.15) is 6.29 Å². The minimum absolute atomic E-state index is 0.0465. The van der Waals surface area contributed by atoms with Gasteiger partial charge in [-0.15, -0.1) is 0 Å². The van der Waals surface area contributed by atoms with Crippen molar-refractivity contribution in [1.82, 2.24) is 4.98 Å². The maximum Gasteiger partial charge on any atom is 0.416 e. The second-order valence-electron chi connectivity index (χ2n) is 6.03. The van der Waals surface area contributed by atoms with E-state index in [0.717, 1.165) is 28.5 Å². The third-order valence-electron chi connectivity index (χ3n) is 4.28. The van der Waals surface area contributed by atoms with E-state index in [1.54, 1.807) is 12.3 Å². The van der Waals surface area contributed by atoms with Crippen molar-refractivity contribution in [2.24, 2.45) is 0 Å². The molecule has 0 saturated heterocycles. The quantitative estimate of drug-likeness (QED) is 0.414. The molecule has 3 rings (SSSR count). The lowest BCUT2D eigenvalue weighted by Gasteiger charge is -2.11. The molecule has 0 bridgehead atoms. The Hall–Kier alpha value is -3.21. The highest BCUT2D eigenvalue weighted by molar-refractivity contribution is 5.81. The Bertz CT molecular complexity index is 992. The van der Waals surface area contributed by atoms with Crippen molar-refractivity contribution in [3.05, 3.63) is 88.6 Å². The molecule has 3 aromatic rings. The predicted molar refractivity (Wildman–Crippen MR) is 100 cm³/mol. The summed E-state index contributed by atoms with van der Waals surface area (Å²) in [5.74, 6) is 0. The third-order valence-corrected chi connectivity index (χ3v) is 4.28. The van der Waals surface area contributed by atoms with Gasteiger partial charge in [0, 0.05) is 17.3 Å². The van der Waals surface area contributed by atoms with Crippen molar-refractivity contribution in [2.75, 3.05) is 0 Å². The molecule has 1 heterocycles. The fourth-order valence-corrected chi connectivity index (χ4v) is 2.86. The van der Waals surface area contributed by atoms with Crippen molar-refractivity contribution in [1.29, 1.82) is 0 Å². The van der Waals surface area contributed by atoms with Crippen LogP contribution in [0.15, 0.2) is 60.8 Å². The molecule has 2 nitrogen and oxygen atoms in total. The zero-order valence-electron chi connectivity index (χ0n) is 14.5. The van der Waals surface area contributed by atoms with Crippen LogP contribution < -0.4 is 0 Å². The van der Waals surface area contributed by atoms with E-state index in [-0.39, 0.29) is 11.1 Å². The molecule has 0 fully saturated rings. The molecule has 0 aliphatic heterocycles. The molecule has 0 radical (unpaired) electrons. The van der Waals surface area contributed by atoms with Gasteiger partial charge in [-0.05, 0) is 47.9 Å². The van der Waals surface area contributed by atoms with Crippen LogP contribution >= 0.6 is 0 Å². The number of hydrogen-bond donors (Lipinski definition) is 0. The summed E-state index contributed by atoms with van der Waals surface area (Å²) in [6.45, 7) is 1.90. The highest BCUT2D eigenvalue weighted by atomic mass is 19.4. The normalized spacial score (nSPS) is 11.7. The zero-order chi connectivity index (χ0) is 19.4. The van der Waals surface area contributed by atoms with Gasteiger partial charge in [-0.3, -0.25) is 9.78 Å².